The van der Waals surface area contributed by atoms with Crippen molar-refractivity contribution in [2.24, 2.45) is 0 Å². The van der Waals surface area contributed by atoms with E-state index in [9.17, 15) is 13.2 Å². The Hall–Kier alpha value is -1.12. The lowest BCUT2D eigenvalue weighted by Crippen LogP contribution is -2.30. The molecule has 0 N–H and O–H groups in total. The number of carbonyl (C=O) groups excluding carboxylic acids is 1. The summed E-state index contributed by atoms with van der Waals surface area (Å²) in [5.74, 6) is -0.686. The maximum Gasteiger partial charge on any atom is 0.349 e. The molecule has 0 aliphatic carbocycles. The van der Waals surface area contributed by atoms with Crippen molar-refractivity contribution in [3.63, 3.8) is 0 Å². The molecule has 1 aromatic heterocycles. The zero-order valence-electron chi connectivity index (χ0n) is 13.1. The highest BCUT2D eigenvalue weighted by Gasteiger charge is 2.32. The van der Waals surface area contributed by atoms with Gasteiger partial charge >= 0.3 is 5.97 Å². The number of ether oxygens (including phenoxy) is 1. The van der Waals surface area contributed by atoms with Gasteiger partial charge in [-0.3, -0.25) is 0 Å². The normalized spacial score (nSPS) is 13.1. The highest BCUT2D eigenvalue weighted by molar-refractivity contribution is 7.89. The maximum absolute atomic E-state index is 12.9. The van der Waals surface area contributed by atoms with Crippen molar-refractivity contribution in [2.45, 2.75) is 17.9 Å². The monoisotopic (exact) mass is 407 g/mol. The van der Waals surface area contributed by atoms with Crippen LogP contribution in [0.2, 0.25) is 10.0 Å². The number of hydrogen-bond donors (Lipinski definition) is 0. The van der Waals surface area contributed by atoms with Crippen molar-refractivity contribution in [3.8, 4) is 0 Å². The molecule has 1 heterocycles. The minimum Gasteiger partial charge on any atom is -0.465 e. The average molecular weight is 408 g/mol. The molecule has 0 spiro atoms. The molecule has 1 atom stereocenters. The summed E-state index contributed by atoms with van der Waals surface area (Å²) in [4.78, 5) is 11.7. The zero-order chi connectivity index (χ0) is 18.1. The van der Waals surface area contributed by atoms with Crippen LogP contribution in [-0.4, -0.2) is 32.8 Å². The van der Waals surface area contributed by atoms with Crippen LogP contribution in [0.4, 0.5) is 0 Å². The Labute approximate surface area is 154 Å². The van der Waals surface area contributed by atoms with Crippen molar-refractivity contribution in [3.05, 3.63) is 50.1 Å². The van der Waals surface area contributed by atoms with Crippen molar-refractivity contribution < 1.29 is 17.9 Å². The van der Waals surface area contributed by atoms with Crippen LogP contribution in [0.25, 0.3) is 0 Å². The fourth-order valence-corrected chi connectivity index (χ4v) is 5.36. The minimum atomic E-state index is -3.90. The largest absolute Gasteiger partial charge is 0.465 e. The van der Waals surface area contributed by atoms with E-state index in [1.165, 1.54) is 25.6 Å². The van der Waals surface area contributed by atoms with Gasteiger partial charge in [-0.2, -0.15) is 4.31 Å². The van der Waals surface area contributed by atoms with Gasteiger partial charge in [-0.25, -0.2) is 13.2 Å². The van der Waals surface area contributed by atoms with Gasteiger partial charge in [0.1, 0.15) is 9.77 Å². The van der Waals surface area contributed by atoms with Gasteiger partial charge in [0.2, 0.25) is 10.0 Å². The summed E-state index contributed by atoms with van der Waals surface area (Å²) in [6.07, 6.45) is 0. The lowest BCUT2D eigenvalue weighted by Gasteiger charge is -2.25. The molecule has 5 nitrogen and oxygen atoms in total. The van der Waals surface area contributed by atoms with Gasteiger partial charge in [-0.05, 0) is 36.1 Å². The summed E-state index contributed by atoms with van der Waals surface area (Å²) >= 11 is 13.1. The first kappa shape index (κ1) is 19.2. The molecule has 0 aliphatic heterocycles. The molecule has 2 aromatic rings. The van der Waals surface area contributed by atoms with E-state index in [4.69, 9.17) is 23.2 Å². The molecular formula is C15H15Cl2NO4S2. The Balaban J connectivity index is 2.42. The second-order valence-electron chi connectivity index (χ2n) is 4.97. The van der Waals surface area contributed by atoms with Crippen molar-refractivity contribution in [2.75, 3.05) is 14.2 Å². The summed E-state index contributed by atoms with van der Waals surface area (Å²) in [5.41, 5.74) is 0.613. The first-order valence-corrected chi connectivity index (χ1v) is 9.86. The highest BCUT2D eigenvalue weighted by atomic mass is 35.5. The van der Waals surface area contributed by atoms with Gasteiger partial charge < -0.3 is 4.74 Å². The van der Waals surface area contributed by atoms with Crippen LogP contribution in [0.1, 0.15) is 28.2 Å². The van der Waals surface area contributed by atoms with E-state index >= 15 is 0 Å². The molecule has 1 aromatic carbocycles. The standard InChI is InChI=1S/C15H15Cl2NO4S2/c1-9(11-5-4-10(16)8-12(11)17)18(2)24(20,21)13-6-7-23-14(13)15(19)22-3/h4-9H,1-3H3. The Kier molecular flexibility index (Phi) is 5.93. The Morgan fingerprint density at radius 1 is 1.29 bits per heavy atom. The van der Waals surface area contributed by atoms with Crippen molar-refractivity contribution in [1.82, 2.24) is 4.31 Å². The fourth-order valence-electron chi connectivity index (χ4n) is 2.14. The number of rotatable bonds is 5. The lowest BCUT2D eigenvalue weighted by atomic mass is 10.1. The number of methoxy groups -OCH3 is 1. The van der Waals surface area contributed by atoms with Crippen molar-refractivity contribution >= 4 is 50.5 Å². The Morgan fingerprint density at radius 3 is 2.54 bits per heavy atom. The lowest BCUT2D eigenvalue weighted by molar-refractivity contribution is 0.0602. The quantitative estimate of drug-likeness (QED) is 0.695. The number of thiophene rings is 1. The summed E-state index contributed by atoms with van der Waals surface area (Å²) in [6, 6.07) is 5.71. The second-order valence-corrected chi connectivity index (χ2v) is 8.69. The van der Waals surface area contributed by atoms with Gasteiger partial charge in [0.15, 0.2) is 0 Å². The van der Waals surface area contributed by atoms with Crippen LogP contribution in [0.5, 0.6) is 0 Å². The third-order valence-corrected chi connectivity index (χ3v) is 7.17. The molecule has 2 rings (SSSR count). The maximum atomic E-state index is 12.9. The summed E-state index contributed by atoms with van der Waals surface area (Å²) in [7, 11) is -1.26. The highest BCUT2D eigenvalue weighted by Crippen LogP contribution is 2.34. The number of hydrogen-bond acceptors (Lipinski definition) is 5. The van der Waals surface area contributed by atoms with E-state index < -0.39 is 22.0 Å². The van der Waals surface area contributed by atoms with Crippen LogP contribution in [-0.2, 0) is 14.8 Å². The van der Waals surface area contributed by atoms with Crippen LogP contribution in [0.15, 0.2) is 34.5 Å². The smallest absolute Gasteiger partial charge is 0.349 e. The molecule has 0 radical (unpaired) electrons. The van der Waals surface area contributed by atoms with Gasteiger partial charge in [-0.1, -0.05) is 29.3 Å². The zero-order valence-corrected chi connectivity index (χ0v) is 16.3. The molecule has 1 unspecified atom stereocenters. The first-order valence-electron chi connectivity index (χ1n) is 6.79. The van der Waals surface area contributed by atoms with E-state index in [0.717, 1.165) is 15.6 Å². The van der Waals surface area contributed by atoms with Gasteiger partial charge in [0, 0.05) is 23.1 Å². The Bertz CT molecular complexity index is 864. The van der Waals surface area contributed by atoms with Crippen LogP contribution in [0.3, 0.4) is 0 Å². The molecule has 9 heteroatoms. The third-order valence-electron chi connectivity index (χ3n) is 3.61. The average Bonchev–Trinajstić information content (AvgIpc) is 3.03. The summed E-state index contributed by atoms with van der Waals surface area (Å²) in [6.45, 7) is 1.71. The molecule has 0 aliphatic rings. The second kappa shape index (κ2) is 7.41. The SMILES string of the molecule is COC(=O)c1sccc1S(=O)(=O)N(C)C(C)c1ccc(Cl)cc1Cl. The third kappa shape index (κ3) is 3.60. The molecular weight excluding hydrogens is 393 g/mol. The number of sulfonamides is 1. The molecule has 0 fully saturated rings. The van der Waals surface area contributed by atoms with Gasteiger partial charge in [0.25, 0.3) is 0 Å². The predicted molar refractivity (Wildman–Crippen MR) is 95.5 cm³/mol. The van der Waals surface area contributed by atoms with E-state index in [1.54, 1.807) is 25.1 Å². The summed E-state index contributed by atoms with van der Waals surface area (Å²) < 4.78 is 31.6. The molecule has 0 amide bonds. The topological polar surface area (TPSA) is 63.7 Å². The number of benzene rings is 1. The number of esters is 1. The van der Waals surface area contributed by atoms with Gasteiger partial charge in [0.05, 0.1) is 7.11 Å². The number of carbonyl (C=O) groups is 1. The number of halogens is 2. The van der Waals surface area contributed by atoms with E-state index in [1.807, 2.05) is 0 Å². The van der Waals surface area contributed by atoms with Crippen molar-refractivity contribution in [1.29, 1.82) is 0 Å². The molecule has 24 heavy (non-hydrogen) atoms. The fraction of sp³-hybridized carbons (Fsp3) is 0.267. The minimum absolute atomic E-state index is 0.0405. The predicted octanol–water partition coefficient (Wildman–Crippen LogP) is 4.22. The van der Waals surface area contributed by atoms with Gasteiger partial charge in [-0.15, -0.1) is 11.3 Å². The summed E-state index contributed by atoms with van der Waals surface area (Å²) in [5, 5.41) is 2.37. The van der Waals surface area contributed by atoms with E-state index in [-0.39, 0.29) is 9.77 Å². The molecule has 0 saturated carbocycles. The number of nitrogens with zero attached hydrogens (tertiary/aromatic N) is 1. The Morgan fingerprint density at radius 2 is 1.96 bits per heavy atom. The van der Waals surface area contributed by atoms with E-state index in [2.05, 4.69) is 4.74 Å². The molecule has 130 valence electrons. The van der Waals surface area contributed by atoms with Crippen LogP contribution >= 0.6 is 34.5 Å². The first-order chi connectivity index (χ1) is 11.2. The van der Waals surface area contributed by atoms with Crippen LogP contribution in [0, 0.1) is 0 Å². The molecule has 0 saturated heterocycles. The molecule has 0 bridgehead atoms. The van der Waals surface area contributed by atoms with E-state index in [0.29, 0.717) is 15.6 Å². The van der Waals surface area contributed by atoms with Crippen LogP contribution < -0.4 is 0 Å².